The van der Waals surface area contributed by atoms with Crippen LogP contribution in [0.1, 0.15) is 27.4 Å². The number of hydrogen-bond acceptors (Lipinski definition) is 4. The monoisotopic (exact) mass is 257 g/mol. The normalized spacial score (nSPS) is 9.89. The molecular formula is C14H11NO4. The summed E-state index contributed by atoms with van der Waals surface area (Å²) in [5.41, 5.74) is 1.24. The number of furan rings is 1. The lowest BCUT2D eigenvalue weighted by atomic mass is 10.2. The van der Waals surface area contributed by atoms with Gasteiger partial charge in [0.05, 0.1) is 11.6 Å². The Morgan fingerprint density at radius 2 is 2.11 bits per heavy atom. The minimum absolute atomic E-state index is 0.101. The van der Waals surface area contributed by atoms with E-state index in [1.807, 2.05) is 6.07 Å². The maximum atomic E-state index is 10.7. The van der Waals surface area contributed by atoms with Crippen molar-refractivity contribution in [2.75, 3.05) is 0 Å². The molecule has 0 amide bonds. The second-order valence-corrected chi connectivity index (χ2v) is 3.92. The lowest BCUT2D eigenvalue weighted by Gasteiger charge is -2.04. The Bertz CT molecular complexity index is 634. The number of carbonyl (C=O) groups is 1. The number of rotatable bonds is 4. The van der Waals surface area contributed by atoms with Crippen molar-refractivity contribution in [3.8, 4) is 11.8 Å². The first-order chi connectivity index (χ1) is 9.10. The smallest absolute Gasteiger partial charge is 0.371 e. The van der Waals surface area contributed by atoms with Crippen LogP contribution >= 0.6 is 0 Å². The summed E-state index contributed by atoms with van der Waals surface area (Å²) < 4.78 is 10.6. The molecule has 5 nitrogen and oxygen atoms in total. The molecule has 0 unspecified atom stereocenters. The minimum Gasteiger partial charge on any atom is -0.489 e. The third-order valence-corrected chi connectivity index (χ3v) is 2.61. The molecule has 0 saturated carbocycles. The Hall–Kier alpha value is -2.74. The van der Waals surface area contributed by atoms with E-state index < -0.39 is 5.97 Å². The minimum atomic E-state index is -1.10. The largest absolute Gasteiger partial charge is 0.489 e. The van der Waals surface area contributed by atoms with Crippen molar-refractivity contribution in [2.24, 2.45) is 0 Å². The number of aromatic carboxylic acids is 1. The number of benzene rings is 1. The Morgan fingerprint density at radius 1 is 1.42 bits per heavy atom. The first-order valence-corrected chi connectivity index (χ1v) is 5.55. The average Bonchev–Trinajstić information content (AvgIpc) is 2.79. The Labute approximate surface area is 109 Å². The molecule has 0 fully saturated rings. The lowest BCUT2D eigenvalue weighted by molar-refractivity contribution is 0.0661. The van der Waals surface area contributed by atoms with Crippen LogP contribution < -0.4 is 4.74 Å². The first kappa shape index (κ1) is 12.7. The molecule has 1 N–H and O–H groups in total. The molecule has 0 aliphatic carbocycles. The summed E-state index contributed by atoms with van der Waals surface area (Å²) >= 11 is 0. The van der Waals surface area contributed by atoms with Crippen molar-refractivity contribution in [3.05, 3.63) is 53.0 Å². The van der Waals surface area contributed by atoms with Gasteiger partial charge >= 0.3 is 5.97 Å². The van der Waals surface area contributed by atoms with Gasteiger partial charge in [0.2, 0.25) is 5.76 Å². The summed E-state index contributed by atoms with van der Waals surface area (Å²) in [6.45, 7) is 1.90. The number of carboxylic acids is 1. The zero-order valence-corrected chi connectivity index (χ0v) is 10.2. The Balaban J connectivity index is 2.05. The van der Waals surface area contributed by atoms with Crippen LogP contribution in [-0.4, -0.2) is 11.1 Å². The van der Waals surface area contributed by atoms with Crippen molar-refractivity contribution in [3.63, 3.8) is 0 Å². The Kier molecular flexibility index (Phi) is 3.53. The zero-order chi connectivity index (χ0) is 13.8. The van der Waals surface area contributed by atoms with E-state index in [-0.39, 0.29) is 12.4 Å². The second kappa shape index (κ2) is 5.27. The van der Waals surface area contributed by atoms with Crippen LogP contribution in [0.4, 0.5) is 0 Å². The molecule has 1 heterocycles. The number of ether oxygens (including phenoxy) is 1. The molecule has 0 aliphatic rings. The van der Waals surface area contributed by atoms with Gasteiger partial charge in [0, 0.05) is 5.56 Å². The molecule has 96 valence electrons. The fourth-order valence-corrected chi connectivity index (χ4v) is 1.56. The predicted molar refractivity (Wildman–Crippen MR) is 65.9 cm³/mol. The fraction of sp³-hybridized carbons (Fsp3) is 0.143. The number of hydrogen-bond donors (Lipinski definition) is 1. The van der Waals surface area contributed by atoms with Gasteiger partial charge in [-0.25, -0.2) is 4.79 Å². The SMILES string of the molecule is Cc1oc(C(=O)O)cc1COc1ccc(C#N)cc1. The summed E-state index contributed by atoms with van der Waals surface area (Å²) in [5.74, 6) is -0.0776. The van der Waals surface area contributed by atoms with Crippen LogP contribution in [0, 0.1) is 18.3 Å². The highest BCUT2D eigenvalue weighted by atomic mass is 16.5. The van der Waals surface area contributed by atoms with Crippen LogP contribution in [0.25, 0.3) is 0 Å². The van der Waals surface area contributed by atoms with E-state index in [4.69, 9.17) is 19.5 Å². The number of nitriles is 1. The summed E-state index contributed by atoms with van der Waals surface area (Å²) in [5, 5.41) is 17.5. The Morgan fingerprint density at radius 3 is 2.63 bits per heavy atom. The highest BCUT2D eigenvalue weighted by Crippen LogP contribution is 2.18. The summed E-state index contributed by atoms with van der Waals surface area (Å²) in [7, 11) is 0. The molecule has 1 aromatic heterocycles. The van der Waals surface area contributed by atoms with Gasteiger partial charge in [-0.15, -0.1) is 0 Å². The molecule has 0 radical (unpaired) electrons. The molecule has 0 saturated heterocycles. The molecule has 19 heavy (non-hydrogen) atoms. The zero-order valence-electron chi connectivity index (χ0n) is 10.2. The topological polar surface area (TPSA) is 83.5 Å². The second-order valence-electron chi connectivity index (χ2n) is 3.92. The van der Waals surface area contributed by atoms with Crippen molar-refractivity contribution in [2.45, 2.75) is 13.5 Å². The van der Waals surface area contributed by atoms with Gasteiger partial charge in [-0.05, 0) is 37.3 Å². The fourth-order valence-electron chi connectivity index (χ4n) is 1.56. The van der Waals surface area contributed by atoms with Crippen LogP contribution in [0.15, 0.2) is 34.7 Å². The van der Waals surface area contributed by atoms with Gasteiger partial charge in [0.1, 0.15) is 18.1 Å². The van der Waals surface area contributed by atoms with Gasteiger partial charge < -0.3 is 14.3 Å². The standard InChI is InChI=1S/C14H11NO4/c1-9-11(6-13(19-9)14(16)17)8-18-12-4-2-10(7-15)3-5-12/h2-6H,8H2,1H3,(H,16,17). The molecule has 2 aromatic rings. The molecule has 5 heteroatoms. The van der Waals surface area contributed by atoms with E-state index in [2.05, 4.69) is 0 Å². The van der Waals surface area contributed by atoms with Crippen molar-refractivity contribution in [1.82, 2.24) is 0 Å². The quantitative estimate of drug-likeness (QED) is 0.910. The van der Waals surface area contributed by atoms with Gasteiger partial charge in [-0.3, -0.25) is 0 Å². The van der Waals surface area contributed by atoms with E-state index >= 15 is 0 Å². The number of carboxylic acid groups (broad SMARTS) is 1. The van der Waals surface area contributed by atoms with Crippen molar-refractivity contribution in [1.29, 1.82) is 5.26 Å². The summed E-state index contributed by atoms with van der Waals surface area (Å²) in [6.07, 6.45) is 0. The van der Waals surface area contributed by atoms with E-state index in [0.717, 1.165) is 0 Å². The average molecular weight is 257 g/mol. The van der Waals surface area contributed by atoms with E-state index in [9.17, 15) is 4.79 Å². The number of aryl methyl sites for hydroxylation is 1. The van der Waals surface area contributed by atoms with Gasteiger partial charge in [-0.1, -0.05) is 0 Å². The highest BCUT2D eigenvalue weighted by Gasteiger charge is 2.13. The van der Waals surface area contributed by atoms with Crippen LogP contribution in [-0.2, 0) is 6.61 Å². The highest BCUT2D eigenvalue weighted by molar-refractivity contribution is 5.84. The van der Waals surface area contributed by atoms with Crippen LogP contribution in [0.5, 0.6) is 5.75 Å². The lowest BCUT2D eigenvalue weighted by Crippen LogP contribution is -1.96. The molecule has 0 spiro atoms. The van der Waals surface area contributed by atoms with Crippen molar-refractivity contribution >= 4 is 5.97 Å². The van der Waals surface area contributed by atoms with Crippen LogP contribution in [0.2, 0.25) is 0 Å². The van der Waals surface area contributed by atoms with Gasteiger partial charge in [0.15, 0.2) is 0 Å². The molecule has 0 aliphatic heterocycles. The van der Waals surface area contributed by atoms with Crippen LogP contribution in [0.3, 0.4) is 0 Å². The van der Waals surface area contributed by atoms with Crippen molar-refractivity contribution < 1.29 is 19.1 Å². The van der Waals surface area contributed by atoms with E-state index in [1.165, 1.54) is 6.07 Å². The summed E-state index contributed by atoms with van der Waals surface area (Å²) in [4.78, 5) is 10.7. The number of nitrogens with zero attached hydrogens (tertiary/aromatic N) is 1. The molecule has 1 aromatic carbocycles. The van der Waals surface area contributed by atoms with Gasteiger partial charge in [0.25, 0.3) is 0 Å². The maximum Gasteiger partial charge on any atom is 0.371 e. The predicted octanol–water partition coefficient (Wildman–Crippen LogP) is 2.74. The third-order valence-electron chi connectivity index (χ3n) is 2.61. The maximum absolute atomic E-state index is 10.7. The third kappa shape index (κ3) is 2.93. The van der Waals surface area contributed by atoms with Gasteiger partial charge in [-0.2, -0.15) is 5.26 Å². The first-order valence-electron chi connectivity index (χ1n) is 5.55. The van der Waals surface area contributed by atoms with E-state index in [1.54, 1.807) is 31.2 Å². The summed E-state index contributed by atoms with van der Waals surface area (Å²) in [6, 6.07) is 10.1. The molecule has 0 bridgehead atoms. The molecule has 0 atom stereocenters. The molecular weight excluding hydrogens is 246 g/mol. The molecule has 2 rings (SSSR count). The van der Waals surface area contributed by atoms with E-state index in [0.29, 0.717) is 22.6 Å².